The zero-order chi connectivity index (χ0) is 16.5. The molecule has 0 bridgehead atoms. The van der Waals surface area contributed by atoms with Crippen LogP contribution in [0.2, 0.25) is 0 Å². The molecule has 0 unspecified atom stereocenters. The second-order valence-electron chi connectivity index (χ2n) is 6.60. The normalized spacial score (nSPS) is 27.2. The van der Waals surface area contributed by atoms with Crippen molar-refractivity contribution in [3.8, 4) is 5.75 Å². The van der Waals surface area contributed by atoms with Crippen molar-refractivity contribution >= 4 is 0 Å². The summed E-state index contributed by atoms with van der Waals surface area (Å²) in [5.41, 5.74) is 2.18. The molecule has 2 aliphatic rings. The van der Waals surface area contributed by atoms with Gasteiger partial charge in [-0.15, -0.1) is 0 Å². The molecule has 2 aromatic heterocycles. The van der Waals surface area contributed by atoms with Crippen molar-refractivity contribution in [2.45, 2.75) is 51.5 Å². The van der Waals surface area contributed by atoms with Crippen LogP contribution in [0.3, 0.4) is 0 Å². The molecule has 0 N–H and O–H groups in total. The smallest absolute Gasteiger partial charge is 0.138 e. The third-order valence-electron chi connectivity index (χ3n) is 5.11. The summed E-state index contributed by atoms with van der Waals surface area (Å²) in [5.74, 6) is 1.73. The molecular formula is C18H23N3O3. The van der Waals surface area contributed by atoms with Crippen LogP contribution in [-0.2, 0) is 11.3 Å². The molecule has 0 amide bonds. The summed E-state index contributed by atoms with van der Waals surface area (Å²) in [4.78, 5) is 6.61. The SMILES string of the molecule is Cc1noc(C)c1CN1CCO[C@H]2[C@H]1CC[C@H]2Oc1cccnc1. The van der Waals surface area contributed by atoms with E-state index in [1.807, 2.05) is 26.0 Å². The van der Waals surface area contributed by atoms with Gasteiger partial charge in [0, 0.05) is 30.9 Å². The molecule has 4 rings (SSSR count). The van der Waals surface area contributed by atoms with Crippen LogP contribution < -0.4 is 4.74 Å². The summed E-state index contributed by atoms with van der Waals surface area (Å²) < 4.78 is 17.5. The monoisotopic (exact) mass is 329 g/mol. The van der Waals surface area contributed by atoms with Gasteiger partial charge in [0.05, 0.1) is 18.5 Å². The highest BCUT2D eigenvalue weighted by molar-refractivity contribution is 5.21. The Morgan fingerprint density at radius 1 is 1.33 bits per heavy atom. The minimum Gasteiger partial charge on any atom is -0.486 e. The van der Waals surface area contributed by atoms with E-state index in [-0.39, 0.29) is 12.2 Å². The lowest BCUT2D eigenvalue weighted by molar-refractivity contribution is -0.0917. The number of nitrogens with zero attached hydrogens (tertiary/aromatic N) is 3. The highest BCUT2D eigenvalue weighted by Gasteiger charge is 2.44. The Morgan fingerprint density at radius 3 is 3.00 bits per heavy atom. The van der Waals surface area contributed by atoms with E-state index in [4.69, 9.17) is 14.0 Å². The molecule has 128 valence electrons. The van der Waals surface area contributed by atoms with Crippen LogP contribution in [0.1, 0.15) is 29.9 Å². The van der Waals surface area contributed by atoms with Crippen LogP contribution >= 0.6 is 0 Å². The van der Waals surface area contributed by atoms with Crippen LogP contribution in [0.25, 0.3) is 0 Å². The number of morpholine rings is 1. The van der Waals surface area contributed by atoms with Gasteiger partial charge in [-0.1, -0.05) is 5.16 Å². The van der Waals surface area contributed by atoms with Crippen molar-refractivity contribution in [2.24, 2.45) is 0 Å². The van der Waals surface area contributed by atoms with Gasteiger partial charge in [-0.05, 0) is 38.8 Å². The Morgan fingerprint density at radius 2 is 2.25 bits per heavy atom. The topological polar surface area (TPSA) is 60.6 Å². The van der Waals surface area contributed by atoms with E-state index in [9.17, 15) is 0 Å². The molecule has 1 saturated carbocycles. The van der Waals surface area contributed by atoms with Gasteiger partial charge >= 0.3 is 0 Å². The predicted octanol–water partition coefficient (Wildman–Crippen LogP) is 2.50. The van der Waals surface area contributed by atoms with Crippen molar-refractivity contribution < 1.29 is 14.0 Å². The van der Waals surface area contributed by atoms with Crippen molar-refractivity contribution in [1.82, 2.24) is 15.0 Å². The first-order chi connectivity index (χ1) is 11.7. The molecule has 24 heavy (non-hydrogen) atoms. The number of ether oxygens (including phenoxy) is 2. The summed E-state index contributed by atoms with van der Waals surface area (Å²) in [6, 6.07) is 4.23. The third-order valence-corrected chi connectivity index (χ3v) is 5.11. The Labute approximate surface area is 141 Å². The Kier molecular flexibility index (Phi) is 4.24. The summed E-state index contributed by atoms with van der Waals surface area (Å²) in [6.07, 6.45) is 5.80. The predicted molar refractivity (Wildman–Crippen MR) is 87.8 cm³/mol. The molecule has 1 aliphatic carbocycles. The molecule has 1 saturated heterocycles. The third kappa shape index (κ3) is 2.91. The Bertz CT molecular complexity index is 669. The first kappa shape index (κ1) is 15.6. The average Bonchev–Trinajstić information content (AvgIpc) is 3.15. The van der Waals surface area contributed by atoms with Crippen LogP contribution in [-0.4, -0.2) is 46.4 Å². The molecule has 6 nitrogen and oxygen atoms in total. The van der Waals surface area contributed by atoms with Gasteiger partial charge in [-0.25, -0.2) is 0 Å². The summed E-state index contributed by atoms with van der Waals surface area (Å²) >= 11 is 0. The quantitative estimate of drug-likeness (QED) is 0.859. The van der Waals surface area contributed by atoms with E-state index >= 15 is 0 Å². The fraction of sp³-hybridized carbons (Fsp3) is 0.556. The van der Waals surface area contributed by atoms with Gasteiger partial charge < -0.3 is 14.0 Å². The first-order valence-electron chi connectivity index (χ1n) is 8.56. The van der Waals surface area contributed by atoms with Gasteiger partial charge in [-0.2, -0.15) is 0 Å². The summed E-state index contributed by atoms with van der Waals surface area (Å²) in [6.45, 7) is 6.52. The molecule has 6 heteroatoms. The number of hydrogen-bond donors (Lipinski definition) is 0. The Hall–Kier alpha value is -1.92. The standard InChI is InChI=1S/C18H23N3O3/c1-12-15(13(2)24-20-12)11-21-8-9-22-18-16(21)5-6-17(18)23-14-4-3-7-19-10-14/h3-4,7,10,16-18H,5-6,8-9,11H2,1-2H3/t16-,17-,18+/m1/s1. The summed E-state index contributed by atoms with van der Waals surface area (Å²) in [7, 11) is 0. The lowest BCUT2D eigenvalue weighted by atomic mass is 10.1. The largest absolute Gasteiger partial charge is 0.486 e. The molecule has 0 aromatic carbocycles. The molecule has 1 aliphatic heterocycles. The van der Waals surface area contributed by atoms with Crippen molar-refractivity contribution in [3.05, 3.63) is 41.5 Å². The molecule has 0 spiro atoms. The highest BCUT2D eigenvalue weighted by Crippen LogP contribution is 2.34. The van der Waals surface area contributed by atoms with Crippen molar-refractivity contribution in [2.75, 3.05) is 13.2 Å². The van der Waals surface area contributed by atoms with E-state index in [1.54, 1.807) is 12.4 Å². The van der Waals surface area contributed by atoms with Gasteiger partial charge in [0.25, 0.3) is 0 Å². The molecule has 2 aromatic rings. The zero-order valence-corrected chi connectivity index (χ0v) is 14.1. The zero-order valence-electron chi connectivity index (χ0n) is 14.1. The maximum Gasteiger partial charge on any atom is 0.138 e. The minimum absolute atomic E-state index is 0.0895. The van der Waals surface area contributed by atoms with Crippen molar-refractivity contribution in [3.63, 3.8) is 0 Å². The second kappa shape index (κ2) is 6.53. The second-order valence-corrected chi connectivity index (χ2v) is 6.60. The average molecular weight is 329 g/mol. The van der Waals surface area contributed by atoms with Crippen LogP contribution in [0.5, 0.6) is 5.75 Å². The number of hydrogen-bond acceptors (Lipinski definition) is 6. The maximum atomic E-state index is 6.13. The number of pyridine rings is 1. The lowest BCUT2D eigenvalue weighted by Crippen LogP contribution is -2.51. The van der Waals surface area contributed by atoms with Gasteiger partial charge in [0.15, 0.2) is 0 Å². The number of rotatable bonds is 4. The van der Waals surface area contributed by atoms with Gasteiger partial charge in [0.2, 0.25) is 0 Å². The number of aromatic nitrogens is 2. The van der Waals surface area contributed by atoms with E-state index in [0.717, 1.165) is 49.7 Å². The van der Waals surface area contributed by atoms with E-state index < -0.39 is 0 Å². The number of fused-ring (bicyclic) bond motifs is 1. The van der Waals surface area contributed by atoms with Gasteiger partial charge in [0.1, 0.15) is 23.7 Å². The van der Waals surface area contributed by atoms with Gasteiger partial charge in [-0.3, -0.25) is 9.88 Å². The van der Waals surface area contributed by atoms with E-state index in [2.05, 4.69) is 15.0 Å². The number of aryl methyl sites for hydroxylation is 2. The maximum absolute atomic E-state index is 6.13. The fourth-order valence-electron chi connectivity index (χ4n) is 3.84. The van der Waals surface area contributed by atoms with Crippen LogP contribution in [0, 0.1) is 13.8 Å². The Balaban J connectivity index is 1.46. The van der Waals surface area contributed by atoms with Crippen LogP contribution in [0.4, 0.5) is 0 Å². The molecule has 0 radical (unpaired) electrons. The van der Waals surface area contributed by atoms with Crippen LogP contribution in [0.15, 0.2) is 29.0 Å². The van der Waals surface area contributed by atoms with Crippen molar-refractivity contribution in [1.29, 1.82) is 0 Å². The first-order valence-corrected chi connectivity index (χ1v) is 8.56. The minimum atomic E-state index is 0.0895. The lowest BCUT2D eigenvalue weighted by Gasteiger charge is -2.39. The van der Waals surface area contributed by atoms with E-state index in [0.29, 0.717) is 6.04 Å². The van der Waals surface area contributed by atoms with E-state index in [1.165, 1.54) is 5.56 Å². The molecule has 2 fully saturated rings. The summed E-state index contributed by atoms with van der Waals surface area (Å²) in [5, 5.41) is 4.07. The molecule has 3 heterocycles. The molecular weight excluding hydrogens is 306 g/mol. The fourth-order valence-corrected chi connectivity index (χ4v) is 3.84. The highest BCUT2D eigenvalue weighted by atomic mass is 16.5. The molecule has 3 atom stereocenters.